The second-order valence-electron chi connectivity index (χ2n) is 4.79. The molecule has 0 fully saturated rings. The summed E-state index contributed by atoms with van der Waals surface area (Å²) in [5.41, 5.74) is 3.81. The lowest BCUT2D eigenvalue weighted by atomic mass is 9.91. The Labute approximate surface area is 102 Å². The largest absolute Gasteiger partial charge is 0.480 e. The Morgan fingerprint density at radius 2 is 1.94 bits per heavy atom. The van der Waals surface area contributed by atoms with Crippen molar-refractivity contribution in [3.05, 3.63) is 29.3 Å². The third kappa shape index (κ3) is 2.43. The van der Waals surface area contributed by atoms with Crippen LogP contribution in [0.2, 0.25) is 0 Å². The number of hydrogen-bond donors (Lipinski definition) is 1. The van der Waals surface area contributed by atoms with Crippen molar-refractivity contribution >= 4 is 11.7 Å². The summed E-state index contributed by atoms with van der Waals surface area (Å²) < 4.78 is 0. The lowest BCUT2D eigenvalue weighted by Crippen LogP contribution is -2.35. The number of fused-ring (bicyclic) bond motifs is 1. The first kappa shape index (κ1) is 12.0. The fourth-order valence-electron chi connectivity index (χ4n) is 2.33. The highest BCUT2D eigenvalue weighted by molar-refractivity contribution is 5.77. The summed E-state index contributed by atoms with van der Waals surface area (Å²) in [6.45, 7) is 1.71. The highest BCUT2D eigenvalue weighted by atomic mass is 16.4. The van der Waals surface area contributed by atoms with E-state index in [1.165, 1.54) is 24.0 Å². The number of benzene rings is 1. The van der Waals surface area contributed by atoms with E-state index in [0.29, 0.717) is 0 Å². The van der Waals surface area contributed by atoms with E-state index < -0.39 is 12.0 Å². The quantitative estimate of drug-likeness (QED) is 0.872. The van der Waals surface area contributed by atoms with Crippen LogP contribution in [-0.2, 0) is 17.6 Å². The number of likely N-dealkylation sites (N-methyl/N-ethyl adjacent to an activating group) is 1. The van der Waals surface area contributed by atoms with Crippen molar-refractivity contribution in [2.75, 3.05) is 11.9 Å². The van der Waals surface area contributed by atoms with Crippen molar-refractivity contribution in [2.45, 2.75) is 38.6 Å². The van der Waals surface area contributed by atoms with Gasteiger partial charge in [-0.05, 0) is 55.9 Å². The maximum absolute atomic E-state index is 11.0. The van der Waals surface area contributed by atoms with Gasteiger partial charge in [-0.3, -0.25) is 0 Å². The molecule has 0 spiro atoms. The SMILES string of the molecule is CC(C(=O)O)N(C)c1ccc2c(c1)CCCC2. The van der Waals surface area contributed by atoms with Gasteiger partial charge in [-0.2, -0.15) is 0 Å². The highest BCUT2D eigenvalue weighted by Gasteiger charge is 2.18. The zero-order valence-electron chi connectivity index (χ0n) is 10.4. The molecule has 0 amide bonds. The molecular weight excluding hydrogens is 214 g/mol. The Morgan fingerprint density at radius 3 is 2.59 bits per heavy atom. The lowest BCUT2D eigenvalue weighted by molar-refractivity contribution is -0.138. The Balaban J connectivity index is 2.24. The molecule has 0 saturated carbocycles. The second kappa shape index (κ2) is 4.78. The van der Waals surface area contributed by atoms with Crippen molar-refractivity contribution < 1.29 is 9.90 Å². The van der Waals surface area contributed by atoms with Crippen LogP contribution in [0.4, 0.5) is 5.69 Å². The number of rotatable bonds is 3. The predicted octanol–water partition coefficient (Wildman–Crippen LogP) is 2.47. The second-order valence-corrected chi connectivity index (χ2v) is 4.79. The van der Waals surface area contributed by atoms with Crippen LogP contribution in [0, 0.1) is 0 Å². The fourth-order valence-corrected chi connectivity index (χ4v) is 2.33. The Morgan fingerprint density at radius 1 is 1.29 bits per heavy atom. The van der Waals surface area contributed by atoms with Gasteiger partial charge in [0.25, 0.3) is 0 Å². The van der Waals surface area contributed by atoms with E-state index in [-0.39, 0.29) is 0 Å². The van der Waals surface area contributed by atoms with Gasteiger partial charge in [-0.1, -0.05) is 6.07 Å². The van der Waals surface area contributed by atoms with Crippen LogP contribution in [0.15, 0.2) is 18.2 Å². The van der Waals surface area contributed by atoms with E-state index in [1.54, 1.807) is 6.92 Å². The van der Waals surface area contributed by atoms with E-state index in [0.717, 1.165) is 18.5 Å². The minimum atomic E-state index is -0.787. The van der Waals surface area contributed by atoms with E-state index in [9.17, 15) is 4.79 Å². The standard InChI is InChI=1S/C14H19NO2/c1-10(14(16)17)15(2)13-8-7-11-5-3-4-6-12(11)9-13/h7-10H,3-6H2,1-2H3,(H,16,17). The van der Waals surface area contributed by atoms with Crippen molar-refractivity contribution in [2.24, 2.45) is 0 Å². The number of nitrogens with zero attached hydrogens (tertiary/aromatic N) is 1. The number of aryl methyl sites for hydroxylation is 2. The Kier molecular flexibility index (Phi) is 3.36. The first-order chi connectivity index (χ1) is 8.09. The van der Waals surface area contributed by atoms with Crippen LogP contribution in [-0.4, -0.2) is 24.2 Å². The third-order valence-corrected chi connectivity index (χ3v) is 3.68. The van der Waals surface area contributed by atoms with Crippen LogP contribution >= 0.6 is 0 Å². The molecule has 0 aromatic heterocycles. The van der Waals surface area contributed by atoms with Crippen LogP contribution in [0.3, 0.4) is 0 Å². The molecule has 0 aliphatic heterocycles. The molecule has 1 atom stereocenters. The maximum atomic E-state index is 11.0. The summed E-state index contributed by atoms with van der Waals surface area (Å²) >= 11 is 0. The molecule has 17 heavy (non-hydrogen) atoms. The average molecular weight is 233 g/mol. The minimum Gasteiger partial charge on any atom is -0.480 e. The molecular formula is C14H19NO2. The molecule has 1 aliphatic carbocycles. The molecule has 1 aromatic carbocycles. The molecule has 1 N–H and O–H groups in total. The molecule has 0 radical (unpaired) electrons. The number of carboxylic acid groups (broad SMARTS) is 1. The zero-order chi connectivity index (χ0) is 12.4. The maximum Gasteiger partial charge on any atom is 0.326 e. The normalized spacial score (nSPS) is 16.1. The van der Waals surface area contributed by atoms with Crippen molar-refractivity contribution in [3.8, 4) is 0 Å². The topological polar surface area (TPSA) is 40.5 Å². The van der Waals surface area contributed by atoms with Crippen LogP contribution in [0.25, 0.3) is 0 Å². The minimum absolute atomic E-state index is 0.489. The molecule has 1 aromatic rings. The van der Waals surface area contributed by atoms with E-state index in [4.69, 9.17) is 5.11 Å². The lowest BCUT2D eigenvalue weighted by Gasteiger charge is -2.26. The highest BCUT2D eigenvalue weighted by Crippen LogP contribution is 2.26. The predicted molar refractivity (Wildman–Crippen MR) is 68.6 cm³/mol. The Bertz CT molecular complexity index is 428. The molecule has 3 heteroatoms. The summed E-state index contributed by atoms with van der Waals surface area (Å²) in [6.07, 6.45) is 4.80. The fraction of sp³-hybridized carbons (Fsp3) is 0.500. The van der Waals surface area contributed by atoms with E-state index >= 15 is 0 Å². The van der Waals surface area contributed by atoms with E-state index in [2.05, 4.69) is 12.1 Å². The van der Waals surface area contributed by atoms with Crippen LogP contribution < -0.4 is 4.90 Å². The number of anilines is 1. The average Bonchev–Trinajstić information content (AvgIpc) is 2.36. The van der Waals surface area contributed by atoms with Crippen LogP contribution in [0.1, 0.15) is 30.9 Å². The number of carbonyl (C=O) groups is 1. The van der Waals surface area contributed by atoms with Crippen LogP contribution in [0.5, 0.6) is 0 Å². The molecule has 0 heterocycles. The van der Waals surface area contributed by atoms with Gasteiger partial charge in [0, 0.05) is 12.7 Å². The molecule has 0 bridgehead atoms. The van der Waals surface area contributed by atoms with Gasteiger partial charge >= 0.3 is 5.97 Å². The molecule has 0 saturated heterocycles. The molecule has 92 valence electrons. The summed E-state index contributed by atoms with van der Waals surface area (Å²) in [4.78, 5) is 12.8. The van der Waals surface area contributed by atoms with Gasteiger partial charge in [-0.25, -0.2) is 4.79 Å². The summed E-state index contributed by atoms with van der Waals surface area (Å²) in [5.74, 6) is -0.787. The summed E-state index contributed by atoms with van der Waals surface area (Å²) in [5, 5.41) is 9.01. The van der Waals surface area contributed by atoms with Crippen molar-refractivity contribution in [3.63, 3.8) is 0 Å². The summed E-state index contributed by atoms with van der Waals surface area (Å²) in [7, 11) is 1.84. The zero-order valence-corrected chi connectivity index (χ0v) is 10.4. The molecule has 1 unspecified atom stereocenters. The number of hydrogen-bond acceptors (Lipinski definition) is 2. The van der Waals surface area contributed by atoms with Gasteiger partial charge in [0.05, 0.1) is 0 Å². The van der Waals surface area contributed by atoms with Gasteiger partial charge in [0.15, 0.2) is 0 Å². The third-order valence-electron chi connectivity index (χ3n) is 3.68. The molecule has 1 aliphatic rings. The molecule has 2 rings (SSSR count). The first-order valence-electron chi connectivity index (χ1n) is 6.17. The first-order valence-corrected chi connectivity index (χ1v) is 6.17. The summed E-state index contributed by atoms with van der Waals surface area (Å²) in [6, 6.07) is 5.84. The van der Waals surface area contributed by atoms with Gasteiger partial charge in [0.1, 0.15) is 6.04 Å². The van der Waals surface area contributed by atoms with E-state index in [1.807, 2.05) is 18.0 Å². The van der Waals surface area contributed by atoms with Crippen molar-refractivity contribution in [1.29, 1.82) is 0 Å². The van der Waals surface area contributed by atoms with Gasteiger partial charge < -0.3 is 10.0 Å². The van der Waals surface area contributed by atoms with Gasteiger partial charge in [-0.15, -0.1) is 0 Å². The smallest absolute Gasteiger partial charge is 0.326 e. The number of carboxylic acids is 1. The molecule has 3 nitrogen and oxygen atoms in total. The Hall–Kier alpha value is -1.51. The van der Waals surface area contributed by atoms with Gasteiger partial charge in [0.2, 0.25) is 0 Å². The monoisotopic (exact) mass is 233 g/mol. The van der Waals surface area contributed by atoms with Crippen molar-refractivity contribution in [1.82, 2.24) is 0 Å². The number of aliphatic carboxylic acids is 1.